The van der Waals surface area contributed by atoms with Crippen molar-refractivity contribution in [3.63, 3.8) is 0 Å². The largest absolute Gasteiger partial charge is 0.317 e. The Bertz CT molecular complexity index is 333. The van der Waals surface area contributed by atoms with Gasteiger partial charge in [-0.2, -0.15) is 5.10 Å². The molecule has 0 spiro atoms. The van der Waals surface area contributed by atoms with Gasteiger partial charge >= 0.3 is 0 Å². The van der Waals surface area contributed by atoms with Gasteiger partial charge in [0.15, 0.2) is 0 Å². The lowest BCUT2D eigenvalue weighted by Crippen LogP contribution is -2.17. The van der Waals surface area contributed by atoms with E-state index < -0.39 is 0 Å². The van der Waals surface area contributed by atoms with Crippen molar-refractivity contribution >= 4 is 11.6 Å². The van der Waals surface area contributed by atoms with Gasteiger partial charge in [0.1, 0.15) is 5.15 Å². The van der Waals surface area contributed by atoms with Crippen LogP contribution in [-0.4, -0.2) is 22.9 Å². The summed E-state index contributed by atoms with van der Waals surface area (Å²) in [7, 11) is 1.89. The van der Waals surface area contributed by atoms with E-state index in [1.165, 1.54) is 12.0 Å². The molecule has 0 aromatic carbocycles. The Morgan fingerprint density at radius 1 is 1.50 bits per heavy atom. The average molecular weight is 244 g/mol. The van der Waals surface area contributed by atoms with Crippen LogP contribution in [-0.2, 0) is 13.5 Å². The van der Waals surface area contributed by atoms with Crippen molar-refractivity contribution in [2.24, 2.45) is 13.0 Å². The Morgan fingerprint density at radius 2 is 2.19 bits per heavy atom. The number of nitrogens with one attached hydrogen (secondary N) is 1. The van der Waals surface area contributed by atoms with Crippen molar-refractivity contribution in [1.82, 2.24) is 15.1 Å². The molecule has 1 aromatic rings. The van der Waals surface area contributed by atoms with E-state index >= 15 is 0 Å². The monoisotopic (exact) mass is 243 g/mol. The third kappa shape index (κ3) is 3.49. The molecule has 0 aliphatic rings. The zero-order chi connectivity index (χ0) is 12.1. The number of hydrogen-bond acceptors (Lipinski definition) is 2. The molecule has 0 aliphatic heterocycles. The molecule has 0 aliphatic carbocycles. The quantitative estimate of drug-likeness (QED) is 0.779. The number of hydrogen-bond donors (Lipinski definition) is 1. The maximum Gasteiger partial charge on any atom is 0.130 e. The normalized spacial score (nSPS) is 13.1. The highest BCUT2D eigenvalue weighted by molar-refractivity contribution is 6.30. The molecular formula is C12H22ClN3. The smallest absolute Gasteiger partial charge is 0.130 e. The van der Waals surface area contributed by atoms with Crippen LogP contribution in [0.1, 0.15) is 31.5 Å². The molecule has 0 amide bonds. The average Bonchev–Trinajstić information content (AvgIpc) is 2.46. The van der Waals surface area contributed by atoms with Crippen LogP contribution < -0.4 is 5.32 Å². The Morgan fingerprint density at radius 3 is 2.69 bits per heavy atom. The van der Waals surface area contributed by atoms with Gasteiger partial charge in [0, 0.05) is 12.6 Å². The molecule has 1 atom stereocenters. The van der Waals surface area contributed by atoms with Gasteiger partial charge in [0.25, 0.3) is 0 Å². The van der Waals surface area contributed by atoms with Crippen molar-refractivity contribution < 1.29 is 0 Å². The second-order valence-corrected chi connectivity index (χ2v) is 4.79. The Labute approximate surface area is 103 Å². The van der Waals surface area contributed by atoms with E-state index in [2.05, 4.69) is 24.3 Å². The third-order valence-corrected chi connectivity index (χ3v) is 3.36. The van der Waals surface area contributed by atoms with Crippen LogP contribution in [0.3, 0.4) is 0 Å². The van der Waals surface area contributed by atoms with Crippen molar-refractivity contribution in [2.75, 3.05) is 13.1 Å². The van der Waals surface area contributed by atoms with E-state index in [4.69, 9.17) is 11.6 Å². The summed E-state index contributed by atoms with van der Waals surface area (Å²) in [6.07, 6.45) is 2.20. The van der Waals surface area contributed by atoms with Gasteiger partial charge in [-0.05, 0) is 38.8 Å². The molecule has 0 fully saturated rings. The van der Waals surface area contributed by atoms with Gasteiger partial charge in [-0.1, -0.05) is 25.4 Å². The number of nitrogens with zero attached hydrogens (tertiary/aromatic N) is 2. The highest BCUT2D eigenvalue weighted by Gasteiger charge is 2.13. The van der Waals surface area contributed by atoms with Crippen LogP contribution in [0.4, 0.5) is 0 Å². The molecule has 0 radical (unpaired) electrons. The molecule has 0 saturated carbocycles. The summed E-state index contributed by atoms with van der Waals surface area (Å²) in [5.74, 6) is 0.638. The van der Waals surface area contributed by atoms with Crippen LogP contribution in [0.5, 0.6) is 0 Å². The zero-order valence-electron chi connectivity index (χ0n) is 10.7. The highest BCUT2D eigenvalue weighted by Crippen LogP contribution is 2.22. The first-order chi connectivity index (χ1) is 7.56. The SMILES string of the molecule is CCNCCC(C)Cc1c(C)nn(C)c1Cl. The fraction of sp³-hybridized carbons (Fsp3) is 0.750. The van der Waals surface area contributed by atoms with Gasteiger partial charge < -0.3 is 5.32 Å². The summed E-state index contributed by atoms with van der Waals surface area (Å²) in [6, 6.07) is 0. The maximum absolute atomic E-state index is 6.20. The van der Waals surface area contributed by atoms with Crippen LogP contribution in [0.25, 0.3) is 0 Å². The third-order valence-electron chi connectivity index (χ3n) is 2.89. The highest BCUT2D eigenvalue weighted by atomic mass is 35.5. The first-order valence-electron chi connectivity index (χ1n) is 5.95. The Hall–Kier alpha value is -0.540. The second kappa shape index (κ2) is 6.26. The molecular weight excluding hydrogens is 222 g/mol. The fourth-order valence-electron chi connectivity index (χ4n) is 1.88. The number of halogens is 1. The van der Waals surface area contributed by atoms with E-state index in [0.717, 1.165) is 30.4 Å². The lowest BCUT2D eigenvalue weighted by Gasteiger charge is -2.11. The summed E-state index contributed by atoms with van der Waals surface area (Å²) in [5.41, 5.74) is 2.26. The van der Waals surface area contributed by atoms with Gasteiger partial charge in [-0.3, -0.25) is 4.68 Å². The predicted octanol–water partition coefficient (Wildman–Crippen LogP) is 2.56. The van der Waals surface area contributed by atoms with E-state index in [1.54, 1.807) is 4.68 Å². The topological polar surface area (TPSA) is 29.9 Å². The molecule has 0 bridgehead atoms. The first-order valence-corrected chi connectivity index (χ1v) is 6.32. The maximum atomic E-state index is 6.20. The van der Waals surface area contributed by atoms with Crippen molar-refractivity contribution in [2.45, 2.75) is 33.6 Å². The molecule has 16 heavy (non-hydrogen) atoms. The van der Waals surface area contributed by atoms with Crippen molar-refractivity contribution in [1.29, 1.82) is 0 Å². The zero-order valence-corrected chi connectivity index (χ0v) is 11.4. The minimum atomic E-state index is 0.638. The number of rotatable bonds is 6. The molecule has 3 nitrogen and oxygen atoms in total. The Balaban J connectivity index is 2.52. The first kappa shape index (κ1) is 13.5. The van der Waals surface area contributed by atoms with Crippen molar-refractivity contribution in [3.8, 4) is 0 Å². The van der Waals surface area contributed by atoms with E-state index in [-0.39, 0.29) is 0 Å². The van der Waals surface area contributed by atoms with Gasteiger partial charge in [0.05, 0.1) is 5.69 Å². The lowest BCUT2D eigenvalue weighted by atomic mass is 9.98. The fourth-order valence-corrected chi connectivity index (χ4v) is 2.13. The van der Waals surface area contributed by atoms with Crippen LogP contribution in [0.15, 0.2) is 0 Å². The number of aryl methyl sites for hydroxylation is 2. The van der Waals surface area contributed by atoms with Gasteiger partial charge in [-0.15, -0.1) is 0 Å². The van der Waals surface area contributed by atoms with Crippen LogP contribution in [0.2, 0.25) is 5.15 Å². The second-order valence-electron chi connectivity index (χ2n) is 4.43. The summed E-state index contributed by atoms with van der Waals surface area (Å²) in [4.78, 5) is 0. The lowest BCUT2D eigenvalue weighted by molar-refractivity contribution is 0.503. The molecule has 92 valence electrons. The molecule has 1 aromatic heterocycles. The molecule has 1 N–H and O–H groups in total. The van der Waals surface area contributed by atoms with Gasteiger partial charge in [0.2, 0.25) is 0 Å². The van der Waals surface area contributed by atoms with Crippen LogP contribution >= 0.6 is 11.6 Å². The summed E-state index contributed by atoms with van der Waals surface area (Å²) in [6.45, 7) is 8.54. The van der Waals surface area contributed by atoms with E-state index in [9.17, 15) is 0 Å². The van der Waals surface area contributed by atoms with Crippen molar-refractivity contribution in [3.05, 3.63) is 16.4 Å². The summed E-state index contributed by atoms with van der Waals surface area (Å²) < 4.78 is 1.75. The Kier molecular flexibility index (Phi) is 5.29. The van der Waals surface area contributed by atoms with E-state index in [0.29, 0.717) is 5.92 Å². The van der Waals surface area contributed by atoms with Crippen LogP contribution in [0, 0.1) is 12.8 Å². The number of aromatic nitrogens is 2. The molecule has 4 heteroatoms. The summed E-state index contributed by atoms with van der Waals surface area (Å²) >= 11 is 6.20. The molecule has 0 saturated heterocycles. The molecule has 1 heterocycles. The van der Waals surface area contributed by atoms with Gasteiger partial charge in [-0.25, -0.2) is 0 Å². The molecule has 1 rings (SSSR count). The summed E-state index contributed by atoms with van der Waals surface area (Å²) in [5, 5.41) is 8.46. The minimum absolute atomic E-state index is 0.638. The minimum Gasteiger partial charge on any atom is -0.317 e. The molecule has 1 unspecified atom stereocenters. The van der Waals surface area contributed by atoms with E-state index in [1.807, 2.05) is 14.0 Å². The predicted molar refractivity (Wildman–Crippen MR) is 69.0 cm³/mol. The standard InChI is InChI=1S/C12H22ClN3/c1-5-14-7-6-9(2)8-11-10(3)15-16(4)12(11)13/h9,14H,5-8H2,1-4H3.